The fourth-order valence-electron chi connectivity index (χ4n) is 3.61. The summed E-state index contributed by atoms with van der Waals surface area (Å²) >= 11 is 0. The second-order valence-corrected chi connectivity index (χ2v) is 8.96. The summed E-state index contributed by atoms with van der Waals surface area (Å²) in [6, 6.07) is 4.90. The Morgan fingerprint density at radius 2 is 1.89 bits per heavy atom. The Kier molecular flexibility index (Phi) is 6.10. The van der Waals surface area contributed by atoms with Crippen molar-refractivity contribution >= 4 is 15.9 Å². The van der Waals surface area contributed by atoms with Crippen LogP contribution >= 0.6 is 0 Å². The van der Waals surface area contributed by atoms with Crippen LogP contribution in [0.15, 0.2) is 40.0 Å². The fraction of sp³-hybridized carbons (Fsp3) is 0.450. The van der Waals surface area contributed by atoms with E-state index in [1.807, 2.05) is 13.8 Å². The third kappa shape index (κ3) is 4.39. The minimum absolute atomic E-state index is 0.0445. The van der Waals surface area contributed by atoms with Crippen LogP contribution in [0.2, 0.25) is 0 Å². The predicted molar refractivity (Wildman–Crippen MR) is 105 cm³/mol. The second-order valence-electron chi connectivity index (χ2n) is 7.19. The van der Waals surface area contributed by atoms with Crippen molar-refractivity contribution in [3.8, 4) is 5.75 Å². The van der Waals surface area contributed by atoms with E-state index >= 15 is 0 Å². The zero-order chi connectivity index (χ0) is 20.3. The molecule has 0 aliphatic carbocycles. The number of carbonyl (C=O) groups is 1. The maximum Gasteiger partial charge on any atom is 0.257 e. The molecule has 1 N–H and O–H groups in total. The summed E-state index contributed by atoms with van der Waals surface area (Å²) in [7, 11) is -2.02. The molecule has 1 amide bonds. The van der Waals surface area contributed by atoms with Crippen LogP contribution < -0.4 is 9.46 Å². The molecule has 8 heteroatoms. The van der Waals surface area contributed by atoms with E-state index in [-0.39, 0.29) is 16.7 Å². The molecule has 3 rings (SSSR count). The number of hydrogen-bond acceptors (Lipinski definition) is 5. The Morgan fingerprint density at radius 1 is 1.25 bits per heavy atom. The largest absolute Gasteiger partial charge is 0.496 e. The first-order chi connectivity index (χ1) is 13.3. The van der Waals surface area contributed by atoms with Crippen molar-refractivity contribution in [1.29, 1.82) is 0 Å². The van der Waals surface area contributed by atoms with Gasteiger partial charge >= 0.3 is 0 Å². The van der Waals surface area contributed by atoms with E-state index in [0.717, 1.165) is 24.0 Å². The quantitative estimate of drug-likeness (QED) is 0.797. The van der Waals surface area contributed by atoms with Gasteiger partial charge in [0.1, 0.15) is 12.0 Å². The van der Waals surface area contributed by atoms with Gasteiger partial charge in [-0.25, -0.2) is 13.1 Å². The number of piperidine rings is 1. The van der Waals surface area contributed by atoms with Gasteiger partial charge in [0, 0.05) is 19.6 Å². The van der Waals surface area contributed by atoms with Gasteiger partial charge in [-0.15, -0.1) is 0 Å². The Morgan fingerprint density at radius 3 is 2.43 bits per heavy atom. The number of nitrogens with zero attached hydrogens (tertiary/aromatic N) is 1. The molecule has 1 aromatic carbocycles. The van der Waals surface area contributed by atoms with Gasteiger partial charge < -0.3 is 14.1 Å². The van der Waals surface area contributed by atoms with Gasteiger partial charge in [0.15, 0.2) is 0 Å². The lowest BCUT2D eigenvalue weighted by Gasteiger charge is -2.31. The molecule has 0 unspecified atom stereocenters. The number of furan rings is 1. The summed E-state index contributed by atoms with van der Waals surface area (Å²) < 4.78 is 38.3. The van der Waals surface area contributed by atoms with Crippen LogP contribution in [0, 0.1) is 19.8 Å². The number of rotatable bonds is 6. The Balaban J connectivity index is 1.57. The SMILES string of the molecule is COc1c(C)cc(S(=O)(=O)NCC2CCN(C(=O)c3ccoc3)CC2)cc1C. The standard InChI is InChI=1S/C20H26N2O5S/c1-14-10-18(11-15(2)19(14)26-3)28(24,25)21-12-16-4-7-22(8-5-16)20(23)17-6-9-27-13-17/h6,9-11,13,16,21H,4-5,7-8,12H2,1-3H3. The molecule has 0 saturated carbocycles. The van der Waals surface area contributed by atoms with E-state index in [9.17, 15) is 13.2 Å². The molecule has 0 bridgehead atoms. The highest BCUT2D eigenvalue weighted by Crippen LogP contribution is 2.27. The molecule has 2 aromatic rings. The molecule has 0 spiro atoms. The first-order valence-corrected chi connectivity index (χ1v) is 10.8. The van der Waals surface area contributed by atoms with Crippen LogP contribution in [-0.2, 0) is 10.0 Å². The maximum atomic E-state index is 12.7. The summed E-state index contributed by atoms with van der Waals surface area (Å²) in [6.45, 7) is 5.24. The fourth-order valence-corrected chi connectivity index (χ4v) is 4.89. The molecular weight excluding hydrogens is 380 g/mol. The van der Waals surface area contributed by atoms with Crippen LogP contribution in [0.5, 0.6) is 5.75 Å². The summed E-state index contributed by atoms with van der Waals surface area (Å²) in [5.41, 5.74) is 2.12. The van der Waals surface area contributed by atoms with Gasteiger partial charge in [-0.3, -0.25) is 4.79 Å². The predicted octanol–water partition coefficient (Wildman–Crippen LogP) is 2.74. The van der Waals surface area contributed by atoms with Gasteiger partial charge in [0.05, 0.1) is 23.8 Å². The number of ether oxygens (including phenoxy) is 1. The Labute approximate surface area is 165 Å². The summed E-state index contributed by atoms with van der Waals surface area (Å²) in [4.78, 5) is 14.4. The molecule has 0 atom stereocenters. The molecular formula is C20H26N2O5S. The molecule has 28 heavy (non-hydrogen) atoms. The number of carbonyl (C=O) groups excluding carboxylic acids is 1. The van der Waals surface area contributed by atoms with E-state index in [0.29, 0.717) is 30.9 Å². The molecule has 7 nitrogen and oxygen atoms in total. The minimum Gasteiger partial charge on any atom is -0.496 e. The van der Waals surface area contributed by atoms with Gasteiger partial charge in [-0.1, -0.05) is 0 Å². The highest BCUT2D eigenvalue weighted by atomic mass is 32.2. The Hall–Kier alpha value is -2.32. The Bertz CT molecular complexity index is 907. The number of sulfonamides is 1. The van der Waals surface area contributed by atoms with Crippen molar-refractivity contribution in [3.05, 3.63) is 47.4 Å². The molecule has 1 saturated heterocycles. The number of benzene rings is 1. The van der Waals surface area contributed by atoms with Crippen LogP contribution in [0.1, 0.15) is 34.3 Å². The number of amides is 1. The van der Waals surface area contributed by atoms with E-state index in [1.54, 1.807) is 30.2 Å². The van der Waals surface area contributed by atoms with E-state index in [2.05, 4.69) is 4.72 Å². The summed E-state index contributed by atoms with van der Waals surface area (Å²) in [5, 5.41) is 0. The number of hydrogen-bond donors (Lipinski definition) is 1. The zero-order valence-electron chi connectivity index (χ0n) is 16.4. The van der Waals surface area contributed by atoms with Crippen molar-refractivity contribution in [2.75, 3.05) is 26.7 Å². The van der Waals surface area contributed by atoms with E-state index < -0.39 is 10.0 Å². The van der Waals surface area contributed by atoms with Crippen LogP contribution in [0.3, 0.4) is 0 Å². The lowest BCUT2D eigenvalue weighted by atomic mass is 9.97. The molecule has 1 aromatic heterocycles. The third-order valence-electron chi connectivity index (χ3n) is 5.18. The van der Waals surface area contributed by atoms with Crippen molar-refractivity contribution < 1.29 is 22.4 Å². The van der Waals surface area contributed by atoms with Gasteiger partial charge in [-0.2, -0.15) is 0 Å². The van der Waals surface area contributed by atoms with E-state index in [4.69, 9.17) is 9.15 Å². The summed E-state index contributed by atoms with van der Waals surface area (Å²) in [6.07, 6.45) is 4.44. The smallest absolute Gasteiger partial charge is 0.257 e. The highest BCUT2D eigenvalue weighted by Gasteiger charge is 2.26. The van der Waals surface area contributed by atoms with Crippen LogP contribution in [0.25, 0.3) is 0 Å². The molecule has 2 heterocycles. The molecule has 1 aliphatic heterocycles. The van der Waals surface area contributed by atoms with Crippen molar-refractivity contribution in [1.82, 2.24) is 9.62 Å². The minimum atomic E-state index is -3.59. The first kappa shape index (κ1) is 20.4. The third-order valence-corrected chi connectivity index (χ3v) is 6.58. The second kappa shape index (κ2) is 8.36. The molecule has 1 aliphatic rings. The average Bonchev–Trinajstić information content (AvgIpc) is 3.21. The molecule has 152 valence electrons. The normalized spacial score (nSPS) is 15.6. The number of nitrogens with one attached hydrogen (secondary N) is 1. The van der Waals surface area contributed by atoms with Gasteiger partial charge in [-0.05, 0) is 61.9 Å². The monoisotopic (exact) mass is 406 g/mol. The molecule has 0 radical (unpaired) electrons. The summed E-state index contributed by atoms with van der Waals surface area (Å²) in [5.74, 6) is 0.856. The van der Waals surface area contributed by atoms with Gasteiger partial charge in [0.25, 0.3) is 5.91 Å². The number of likely N-dealkylation sites (tertiary alicyclic amines) is 1. The van der Waals surface area contributed by atoms with Gasteiger partial charge in [0.2, 0.25) is 10.0 Å². The van der Waals surface area contributed by atoms with E-state index in [1.165, 1.54) is 12.5 Å². The lowest BCUT2D eigenvalue weighted by molar-refractivity contribution is 0.0691. The van der Waals surface area contributed by atoms with Crippen molar-refractivity contribution in [3.63, 3.8) is 0 Å². The number of aryl methyl sites for hydroxylation is 2. The maximum absolute atomic E-state index is 12.7. The highest BCUT2D eigenvalue weighted by molar-refractivity contribution is 7.89. The van der Waals surface area contributed by atoms with Crippen molar-refractivity contribution in [2.24, 2.45) is 5.92 Å². The zero-order valence-corrected chi connectivity index (χ0v) is 17.2. The topological polar surface area (TPSA) is 88.9 Å². The number of methoxy groups -OCH3 is 1. The lowest BCUT2D eigenvalue weighted by Crippen LogP contribution is -2.41. The average molecular weight is 407 g/mol. The first-order valence-electron chi connectivity index (χ1n) is 9.28. The van der Waals surface area contributed by atoms with Crippen molar-refractivity contribution in [2.45, 2.75) is 31.6 Å². The molecule has 1 fully saturated rings. The van der Waals surface area contributed by atoms with Crippen LogP contribution in [-0.4, -0.2) is 46.0 Å². The van der Waals surface area contributed by atoms with Crippen LogP contribution in [0.4, 0.5) is 0 Å².